The van der Waals surface area contributed by atoms with Crippen LogP contribution in [0.3, 0.4) is 0 Å². The number of aliphatic imine (C=N–C) groups is 1. The molecule has 0 unspecified atom stereocenters. The van der Waals surface area contributed by atoms with Gasteiger partial charge in [0.25, 0.3) is 0 Å². The first-order valence-electron chi connectivity index (χ1n) is 20.8. The van der Waals surface area contributed by atoms with Crippen LogP contribution in [-0.4, -0.2) is 81.5 Å². The fraction of sp³-hybridized carbons (Fsp3) is 0.500. The molecule has 0 saturated carbocycles. The first-order valence-corrected chi connectivity index (χ1v) is 20.8. The number of nitrogens with zero attached hydrogens (tertiary/aromatic N) is 4. The molecule has 59 heavy (non-hydrogen) atoms. The van der Waals surface area contributed by atoms with E-state index in [9.17, 15) is 19.2 Å². The molecule has 2 N–H and O–H groups in total. The Balaban J connectivity index is 1.08. The molecule has 0 aliphatic carbocycles. The number of hydrogen-bond acceptors (Lipinski definition) is 7. The van der Waals surface area contributed by atoms with Gasteiger partial charge >= 0.3 is 5.97 Å². The van der Waals surface area contributed by atoms with Gasteiger partial charge in [0.1, 0.15) is 11.9 Å². The molecule has 1 aromatic heterocycles. The summed E-state index contributed by atoms with van der Waals surface area (Å²) in [5.74, 6) is 6.16. The van der Waals surface area contributed by atoms with Gasteiger partial charge in [-0.2, -0.15) is 0 Å². The first kappa shape index (κ1) is 43.1. The Kier molecular flexibility index (Phi) is 12.7. The number of likely N-dealkylation sites (tertiary alicyclic amines) is 2. The Hall–Kier alpha value is -5.50. The molecule has 4 atom stereocenters. The van der Waals surface area contributed by atoms with Crippen LogP contribution in [0.2, 0.25) is 0 Å². The maximum atomic E-state index is 13.9. The van der Waals surface area contributed by atoms with Gasteiger partial charge in [0.05, 0.1) is 43.4 Å². The molecule has 312 valence electrons. The number of aromatic amines is 1. The number of imidazole rings is 1. The van der Waals surface area contributed by atoms with Crippen LogP contribution in [-0.2, 0) is 23.9 Å². The lowest BCUT2D eigenvalue weighted by molar-refractivity contribution is -0.148. The fourth-order valence-corrected chi connectivity index (χ4v) is 8.66. The van der Waals surface area contributed by atoms with E-state index >= 15 is 0 Å². The number of carbonyl (C=O) groups excluding carboxylic acids is 4. The Morgan fingerprint density at radius 1 is 0.831 bits per heavy atom. The lowest BCUT2D eigenvalue weighted by Gasteiger charge is -2.30. The molecule has 0 radical (unpaired) electrons. The summed E-state index contributed by atoms with van der Waals surface area (Å²) in [7, 11) is 1.36. The number of esters is 1. The van der Waals surface area contributed by atoms with Gasteiger partial charge in [-0.15, -0.1) is 0 Å². The molecule has 3 amide bonds. The smallest absolute Gasteiger partial charge is 0.306 e. The predicted molar refractivity (Wildman–Crippen MR) is 231 cm³/mol. The highest BCUT2D eigenvalue weighted by Crippen LogP contribution is 2.43. The van der Waals surface area contributed by atoms with E-state index < -0.39 is 12.0 Å². The number of ether oxygens (including phenoxy) is 1. The molecule has 3 aliphatic heterocycles. The van der Waals surface area contributed by atoms with Crippen LogP contribution in [0.4, 0.5) is 0 Å². The number of nitrogens with one attached hydrogen (secondary N) is 2. The number of methoxy groups -OCH3 is 1. The third-order valence-corrected chi connectivity index (χ3v) is 11.9. The number of H-pyrrole nitrogens is 1. The molecule has 0 spiro atoms. The third kappa shape index (κ3) is 10.0. The number of benzene rings is 2. The number of aromatic nitrogens is 2. The number of hydrogen-bond donors (Lipinski definition) is 2. The zero-order valence-corrected chi connectivity index (χ0v) is 36.3. The quantitative estimate of drug-likeness (QED) is 0.152. The van der Waals surface area contributed by atoms with E-state index in [1.54, 1.807) is 0 Å². The average molecular weight is 801 g/mol. The molecular formula is C48H60N6O5. The van der Waals surface area contributed by atoms with Gasteiger partial charge in [-0.3, -0.25) is 24.2 Å². The molecule has 2 fully saturated rings. The molecule has 3 aromatic rings. The Labute approximate surface area is 349 Å². The third-order valence-electron chi connectivity index (χ3n) is 11.9. The molecule has 0 bridgehead atoms. The highest BCUT2D eigenvalue weighted by atomic mass is 16.5. The summed E-state index contributed by atoms with van der Waals surface area (Å²) in [4.78, 5) is 68.6. The number of rotatable bonds is 11. The maximum absolute atomic E-state index is 13.9. The zero-order chi connectivity index (χ0) is 42.8. The summed E-state index contributed by atoms with van der Waals surface area (Å²) in [6.07, 6.45) is 6.05. The molecular weight excluding hydrogens is 741 g/mol. The lowest BCUT2D eigenvalue weighted by atomic mass is 9.88. The minimum absolute atomic E-state index is 0.00363. The van der Waals surface area contributed by atoms with Gasteiger partial charge in [-0.05, 0) is 76.5 Å². The van der Waals surface area contributed by atoms with Crippen LogP contribution in [0.5, 0.6) is 0 Å². The van der Waals surface area contributed by atoms with Crippen molar-refractivity contribution < 1.29 is 23.9 Å². The number of allylic oxidation sites excluding steroid dienone is 1. The highest BCUT2D eigenvalue weighted by molar-refractivity contribution is 6.03. The SMILES string of the molecule is COC(=O)C[C@H](C(=O)N1CC(C)(C)C[C@H]1C1=NC=C(c2ccc(C#Cc3ccc(-c4cnc([C@@H]5CC(C)(C)CN5C(=O)[C@@H](NC(C)=O)C(C)C)[nH]4)cc3)cc2)C1)C(C)C. The number of carbonyl (C=O) groups is 4. The van der Waals surface area contributed by atoms with Gasteiger partial charge in [0.2, 0.25) is 17.7 Å². The van der Waals surface area contributed by atoms with Crippen molar-refractivity contribution >= 4 is 35.0 Å². The zero-order valence-electron chi connectivity index (χ0n) is 36.3. The number of amides is 3. The van der Waals surface area contributed by atoms with Crippen molar-refractivity contribution in [3.05, 3.63) is 83.4 Å². The maximum Gasteiger partial charge on any atom is 0.306 e. The van der Waals surface area contributed by atoms with Crippen molar-refractivity contribution in [2.24, 2.45) is 33.6 Å². The fourth-order valence-electron chi connectivity index (χ4n) is 8.66. The van der Waals surface area contributed by atoms with E-state index in [1.807, 2.05) is 86.3 Å². The normalized spacial score (nSPS) is 20.5. The Morgan fingerprint density at radius 2 is 1.39 bits per heavy atom. The largest absolute Gasteiger partial charge is 0.469 e. The van der Waals surface area contributed by atoms with E-state index in [0.29, 0.717) is 19.5 Å². The predicted octanol–water partition coefficient (Wildman–Crippen LogP) is 7.58. The van der Waals surface area contributed by atoms with E-state index in [1.165, 1.54) is 14.0 Å². The molecule has 11 nitrogen and oxygen atoms in total. The molecule has 6 rings (SSSR count). The van der Waals surface area contributed by atoms with Crippen LogP contribution in [0, 0.1) is 40.4 Å². The van der Waals surface area contributed by atoms with Crippen LogP contribution in [0.25, 0.3) is 16.8 Å². The van der Waals surface area contributed by atoms with E-state index in [-0.39, 0.29) is 64.9 Å². The van der Waals surface area contributed by atoms with Crippen molar-refractivity contribution in [1.82, 2.24) is 25.1 Å². The summed E-state index contributed by atoms with van der Waals surface area (Å²) in [6, 6.07) is 15.3. The van der Waals surface area contributed by atoms with E-state index in [0.717, 1.165) is 57.9 Å². The Morgan fingerprint density at radius 3 is 1.93 bits per heavy atom. The van der Waals surface area contributed by atoms with Crippen molar-refractivity contribution in [2.45, 2.75) is 106 Å². The first-order chi connectivity index (χ1) is 27.8. The van der Waals surface area contributed by atoms with Crippen LogP contribution in [0.15, 0.2) is 65.9 Å². The van der Waals surface area contributed by atoms with Crippen molar-refractivity contribution in [3.63, 3.8) is 0 Å². The highest BCUT2D eigenvalue weighted by Gasteiger charge is 2.46. The van der Waals surface area contributed by atoms with Crippen molar-refractivity contribution in [1.29, 1.82) is 0 Å². The van der Waals surface area contributed by atoms with Crippen molar-refractivity contribution in [2.75, 3.05) is 20.2 Å². The van der Waals surface area contributed by atoms with E-state index in [4.69, 9.17) is 14.7 Å². The second kappa shape index (κ2) is 17.4. The standard InChI is InChI=1S/C48H60N6O5/c1-29(2)37(22-42(56)59-10)45(57)53-27-47(6,7)23-40(53)38-21-36(25-49-38)34-17-13-32(14-18-34)11-12-33-15-19-35(20-16-33)39-26-50-44(52-39)41-24-48(8,9)28-54(41)46(58)43(30(3)4)51-31(5)55/h13-20,25-26,29-30,37,40-41,43H,21-24,27-28H2,1-10H3,(H,50,52)(H,51,55)/t37-,40-,41-,43-/m0/s1. The second-order valence-electron chi connectivity index (χ2n) is 18.8. The topological polar surface area (TPSA) is 137 Å². The van der Waals surface area contributed by atoms with Gasteiger partial charge in [0, 0.05) is 49.5 Å². The van der Waals surface area contributed by atoms with Crippen molar-refractivity contribution in [3.8, 4) is 23.1 Å². The van der Waals surface area contributed by atoms with Gasteiger partial charge < -0.3 is 24.8 Å². The molecule has 2 aromatic carbocycles. The van der Waals surface area contributed by atoms with Crippen LogP contribution < -0.4 is 5.32 Å². The Bertz CT molecular complexity index is 2180. The molecule has 11 heteroatoms. The molecule has 3 aliphatic rings. The monoisotopic (exact) mass is 800 g/mol. The molecule has 4 heterocycles. The van der Waals surface area contributed by atoms with E-state index in [2.05, 4.69) is 62.0 Å². The minimum atomic E-state index is -0.594. The summed E-state index contributed by atoms with van der Waals surface area (Å²) in [5.41, 5.74) is 6.60. The minimum Gasteiger partial charge on any atom is -0.469 e. The van der Waals surface area contributed by atoms with Gasteiger partial charge in [-0.1, -0.05) is 91.5 Å². The average Bonchev–Trinajstić information content (AvgIpc) is 4.00. The van der Waals surface area contributed by atoms with Crippen LogP contribution >= 0.6 is 0 Å². The van der Waals surface area contributed by atoms with Crippen LogP contribution in [0.1, 0.15) is 117 Å². The summed E-state index contributed by atoms with van der Waals surface area (Å²) < 4.78 is 4.91. The second-order valence-corrected chi connectivity index (χ2v) is 18.8. The summed E-state index contributed by atoms with van der Waals surface area (Å²) in [6.45, 7) is 19.2. The van der Waals surface area contributed by atoms with Gasteiger partial charge in [0.15, 0.2) is 0 Å². The van der Waals surface area contributed by atoms with Gasteiger partial charge in [-0.25, -0.2) is 4.98 Å². The lowest BCUT2D eigenvalue weighted by Crippen LogP contribution is -2.51. The summed E-state index contributed by atoms with van der Waals surface area (Å²) >= 11 is 0. The molecule has 2 saturated heterocycles. The summed E-state index contributed by atoms with van der Waals surface area (Å²) in [5, 5.41) is 2.85.